The molecule has 0 atom stereocenters. The summed E-state index contributed by atoms with van der Waals surface area (Å²) in [5.41, 5.74) is 1.97. The summed E-state index contributed by atoms with van der Waals surface area (Å²) in [6, 6.07) is 0. The van der Waals surface area contributed by atoms with Gasteiger partial charge in [0.05, 0.1) is 6.54 Å². The van der Waals surface area contributed by atoms with E-state index >= 15 is 0 Å². The highest BCUT2D eigenvalue weighted by Crippen LogP contribution is 1.94. The van der Waals surface area contributed by atoms with E-state index in [0.29, 0.717) is 12.5 Å². The molecule has 0 unspecified atom stereocenters. The van der Waals surface area contributed by atoms with Crippen molar-refractivity contribution in [2.45, 2.75) is 20.3 Å². The van der Waals surface area contributed by atoms with Gasteiger partial charge in [-0.3, -0.25) is 0 Å². The van der Waals surface area contributed by atoms with Crippen molar-refractivity contribution in [1.29, 1.82) is 0 Å². The Balaban J connectivity index is 3.16. The van der Waals surface area contributed by atoms with Crippen LogP contribution in [0.4, 0.5) is 0 Å². The highest BCUT2D eigenvalue weighted by Gasteiger charge is 1.84. The predicted octanol–water partition coefficient (Wildman–Crippen LogP) is 1.01. The van der Waals surface area contributed by atoms with E-state index in [9.17, 15) is 0 Å². The first kappa shape index (κ1) is 8.48. The first-order valence-electron chi connectivity index (χ1n) is 3.10. The molecular formula is C7H13NO. The van der Waals surface area contributed by atoms with Crippen molar-refractivity contribution in [2.75, 3.05) is 6.54 Å². The molecule has 52 valence electrons. The molecule has 0 aromatic carbocycles. The van der Waals surface area contributed by atoms with Gasteiger partial charge in [-0.15, -0.1) is 5.92 Å². The Morgan fingerprint density at radius 3 is 2.56 bits per heavy atom. The van der Waals surface area contributed by atoms with E-state index in [1.165, 1.54) is 0 Å². The minimum absolute atomic E-state index is 0.368. The second-order valence-corrected chi connectivity index (χ2v) is 2.29. The third kappa shape index (κ3) is 7.48. The van der Waals surface area contributed by atoms with Crippen molar-refractivity contribution in [3.05, 3.63) is 0 Å². The van der Waals surface area contributed by atoms with Crippen molar-refractivity contribution in [2.24, 2.45) is 5.92 Å². The smallest absolute Gasteiger partial charge is 0.0818 e. The quantitative estimate of drug-likeness (QED) is 0.428. The zero-order valence-corrected chi connectivity index (χ0v) is 5.94. The molecule has 0 saturated heterocycles. The van der Waals surface area contributed by atoms with E-state index in [1.807, 2.05) is 5.48 Å². The Kier molecular flexibility index (Phi) is 5.29. The highest BCUT2D eigenvalue weighted by atomic mass is 16.5. The van der Waals surface area contributed by atoms with Crippen LogP contribution in [0.1, 0.15) is 20.3 Å². The fraction of sp³-hybridized carbons (Fsp3) is 0.714. The van der Waals surface area contributed by atoms with E-state index < -0.39 is 0 Å². The molecule has 2 N–H and O–H groups in total. The molecule has 0 aromatic rings. The SMILES string of the molecule is CC(C)CC#CCNO. The van der Waals surface area contributed by atoms with Crippen LogP contribution in [0.25, 0.3) is 0 Å². The van der Waals surface area contributed by atoms with Crippen molar-refractivity contribution < 1.29 is 5.21 Å². The molecule has 0 radical (unpaired) electrons. The van der Waals surface area contributed by atoms with Crippen molar-refractivity contribution in [1.82, 2.24) is 5.48 Å². The van der Waals surface area contributed by atoms with Crippen LogP contribution < -0.4 is 5.48 Å². The summed E-state index contributed by atoms with van der Waals surface area (Å²) in [4.78, 5) is 0. The summed E-state index contributed by atoms with van der Waals surface area (Å²) in [6.07, 6.45) is 0.904. The fourth-order valence-electron chi connectivity index (χ4n) is 0.378. The van der Waals surface area contributed by atoms with Crippen LogP contribution in [0.15, 0.2) is 0 Å². The van der Waals surface area contributed by atoms with Gasteiger partial charge < -0.3 is 5.21 Å². The summed E-state index contributed by atoms with van der Waals surface area (Å²) < 4.78 is 0. The van der Waals surface area contributed by atoms with Gasteiger partial charge >= 0.3 is 0 Å². The minimum atomic E-state index is 0.368. The molecule has 0 heterocycles. The summed E-state index contributed by atoms with van der Waals surface area (Å²) >= 11 is 0. The van der Waals surface area contributed by atoms with E-state index in [4.69, 9.17) is 5.21 Å². The molecule has 0 bridgehead atoms. The van der Waals surface area contributed by atoms with E-state index in [0.717, 1.165) is 6.42 Å². The Morgan fingerprint density at radius 1 is 1.44 bits per heavy atom. The number of hydroxylamine groups is 1. The molecule has 0 amide bonds. The standard InChI is InChI=1S/C7H13NO/c1-7(2)5-3-4-6-8-9/h7-9H,5-6H2,1-2H3. The second kappa shape index (κ2) is 5.61. The van der Waals surface area contributed by atoms with Gasteiger partial charge in [0, 0.05) is 6.42 Å². The Labute approximate surface area is 56.2 Å². The largest absolute Gasteiger partial charge is 0.316 e. The number of hydrogen-bond donors (Lipinski definition) is 2. The molecule has 2 nitrogen and oxygen atoms in total. The first-order chi connectivity index (χ1) is 4.27. The molecule has 0 spiro atoms. The average molecular weight is 127 g/mol. The van der Waals surface area contributed by atoms with Gasteiger partial charge in [-0.05, 0) is 5.92 Å². The molecule has 0 aromatic heterocycles. The molecule has 0 aliphatic heterocycles. The van der Waals surface area contributed by atoms with Gasteiger partial charge in [0.15, 0.2) is 0 Å². The molecule has 0 aliphatic carbocycles. The second-order valence-electron chi connectivity index (χ2n) is 2.29. The van der Waals surface area contributed by atoms with E-state index in [1.54, 1.807) is 0 Å². The molecule has 0 fully saturated rings. The lowest BCUT2D eigenvalue weighted by Crippen LogP contribution is -2.05. The third-order valence-electron chi connectivity index (χ3n) is 0.803. The molecule has 9 heavy (non-hydrogen) atoms. The highest BCUT2D eigenvalue weighted by molar-refractivity contribution is 5.00. The lowest BCUT2D eigenvalue weighted by Gasteiger charge is -1.92. The topological polar surface area (TPSA) is 32.3 Å². The van der Waals surface area contributed by atoms with Crippen LogP contribution in [-0.4, -0.2) is 11.8 Å². The zero-order valence-electron chi connectivity index (χ0n) is 5.94. The van der Waals surface area contributed by atoms with Crippen LogP contribution >= 0.6 is 0 Å². The summed E-state index contributed by atoms with van der Waals surface area (Å²) in [5, 5.41) is 8.08. The maximum absolute atomic E-state index is 8.08. The molecular weight excluding hydrogens is 114 g/mol. The van der Waals surface area contributed by atoms with Gasteiger partial charge in [0.2, 0.25) is 0 Å². The van der Waals surface area contributed by atoms with E-state index in [-0.39, 0.29) is 0 Å². The normalized spacial score (nSPS) is 8.89. The minimum Gasteiger partial charge on any atom is -0.316 e. The zero-order chi connectivity index (χ0) is 7.11. The Hall–Kier alpha value is -0.520. The lowest BCUT2D eigenvalue weighted by molar-refractivity contribution is 0.181. The summed E-state index contributed by atoms with van der Waals surface area (Å²) in [5.74, 6) is 6.29. The molecule has 0 aliphatic rings. The first-order valence-corrected chi connectivity index (χ1v) is 3.10. The number of rotatable bonds is 2. The van der Waals surface area contributed by atoms with Crippen LogP contribution in [0.2, 0.25) is 0 Å². The van der Waals surface area contributed by atoms with Crippen LogP contribution in [0, 0.1) is 17.8 Å². The summed E-state index contributed by atoms with van der Waals surface area (Å²) in [6.45, 7) is 4.59. The van der Waals surface area contributed by atoms with Crippen LogP contribution in [0.5, 0.6) is 0 Å². The van der Waals surface area contributed by atoms with Gasteiger partial charge in [0.1, 0.15) is 0 Å². The van der Waals surface area contributed by atoms with E-state index in [2.05, 4.69) is 25.7 Å². The van der Waals surface area contributed by atoms with Gasteiger partial charge in [-0.1, -0.05) is 19.8 Å². The van der Waals surface area contributed by atoms with Gasteiger partial charge in [0.25, 0.3) is 0 Å². The van der Waals surface area contributed by atoms with Crippen molar-refractivity contribution >= 4 is 0 Å². The lowest BCUT2D eigenvalue weighted by atomic mass is 10.1. The Morgan fingerprint density at radius 2 is 2.11 bits per heavy atom. The van der Waals surface area contributed by atoms with Gasteiger partial charge in [-0.2, -0.15) is 5.48 Å². The fourth-order valence-corrected chi connectivity index (χ4v) is 0.378. The maximum atomic E-state index is 8.08. The predicted molar refractivity (Wildman–Crippen MR) is 37.0 cm³/mol. The summed E-state index contributed by atoms with van der Waals surface area (Å²) in [7, 11) is 0. The molecule has 0 saturated carbocycles. The average Bonchev–Trinajstić information content (AvgIpc) is 1.80. The molecule has 0 rings (SSSR count). The van der Waals surface area contributed by atoms with Crippen molar-refractivity contribution in [3.8, 4) is 11.8 Å². The molecule has 2 heteroatoms. The third-order valence-corrected chi connectivity index (χ3v) is 0.803. The van der Waals surface area contributed by atoms with Crippen LogP contribution in [-0.2, 0) is 0 Å². The van der Waals surface area contributed by atoms with Crippen molar-refractivity contribution in [3.63, 3.8) is 0 Å². The van der Waals surface area contributed by atoms with Gasteiger partial charge in [-0.25, -0.2) is 0 Å². The monoisotopic (exact) mass is 127 g/mol. The van der Waals surface area contributed by atoms with Crippen LogP contribution in [0.3, 0.4) is 0 Å². The number of hydrogen-bond acceptors (Lipinski definition) is 2. The number of nitrogens with one attached hydrogen (secondary N) is 1. The maximum Gasteiger partial charge on any atom is 0.0818 e. The Bertz CT molecular complexity index is 110.